The van der Waals surface area contributed by atoms with Gasteiger partial charge in [0.15, 0.2) is 17.3 Å². The van der Waals surface area contributed by atoms with Crippen LogP contribution >= 0.6 is 0 Å². The molecule has 0 aliphatic heterocycles. The van der Waals surface area contributed by atoms with E-state index in [2.05, 4.69) is 0 Å². The van der Waals surface area contributed by atoms with Crippen LogP contribution in [-0.4, -0.2) is 36.3 Å². The molecular weight excluding hydrogens is 284 g/mol. The summed E-state index contributed by atoms with van der Waals surface area (Å²) in [6, 6.07) is 9.34. The van der Waals surface area contributed by atoms with E-state index in [4.69, 9.17) is 9.47 Å². The summed E-state index contributed by atoms with van der Waals surface area (Å²) in [5, 5.41) is 20.0. The van der Waals surface area contributed by atoms with Gasteiger partial charge >= 0.3 is 0 Å². The number of hydrogen-bond donors (Lipinski definition) is 2. The average molecular weight is 302 g/mol. The highest BCUT2D eigenvalue weighted by Gasteiger charge is 2.38. The van der Waals surface area contributed by atoms with Crippen molar-refractivity contribution < 1.29 is 24.5 Å². The number of aliphatic hydroxyl groups is 2. The predicted molar refractivity (Wildman–Crippen MR) is 81.7 cm³/mol. The molecule has 0 fully saturated rings. The summed E-state index contributed by atoms with van der Waals surface area (Å²) in [7, 11) is 2.70. The highest BCUT2D eigenvalue weighted by molar-refractivity contribution is 5.97. The minimum atomic E-state index is -1.29. The Morgan fingerprint density at radius 3 is 2.45 bits per heavy atom. The molecule has 1 aromatic carbocycles. The molecule has 5 heteroatoms. The molecule has 1 aromatic rings. The lowest BCUT2D eigenvalue weighted by atomic mass is 9.88. The average Bonchev–Trinajstić information content (AvgIpc) is 2.53. The first kappa shape index (κ1) is 15.9. The Hall–Kier alpha value is -2.53. The van der Waals surface area contributed by atoms with Crippen molar-refractivity contribution in [3.8, 4) is 0 Å². The number of hydrogen-bond acceptors (Lipinski definition) is 5. The number of allylic oxidation sites excluding steroid dienone is 2. The third-order valence-electron chi connectivity index (χ3n) is 3.42. The molecule has 1 aliphatic carbocycles. The molecule has 0 amide bonds. The van der Waals surface area contributed by atoms with E-state index >= 15 is 0 Å². The first-order chi connectivity index (χ1) is 10.6. The van der Waals surface area contributed by atoms with Crippen molar-refractivity contribution in [1.29, 1.82) is 0 Å². The zero-order valence-corrected chi connectivity index (χ0v) is 12.4. The number of carbonyl (C=O) groups excluding carboxylic acids is 1. The monoisotopic (exact) mass is 302 g/mol. The number of ketones is 1. The summed E-state index contributed by atoms with van der Waals surface area (Å²) in [6.07, 6.45) is 3.03. The topological polar surface area (TPSA) is 76.0 Å². The zero-order chi connectivity index (χ0) is 16.1. The van der Waals surface area contributed by atoms with E-state index < -0.39 is 12.0 Å². The van der Waals surface area contributed by atoms with Gasteiger partial charge in [0.05, 0.1) is 14.2 Å². The van der Waals surface area contributed by atoms with E-state index in [1.54, 1.807) is 6.08 Å². The molecule has 0 unspecified atom stereocenters. The Labute approximate surface area is 128 Å². The highest BCUT2D eigenvalue weighted by atomic mass is 16.5. The molecule has 2 rings (SSSR count). The molecule has 0 radical (unpaired) electrons. The minimum Gasteiger partial charge on any atom is -0.504 e. The smallest absolute Gasteiger partial charge is 0.169 e. The predicted octanol–water partition coefficient (Wildman–Crippen LogP) is 2.21. The van der Waals surface area contributed by atoms with Crippen molar-refractivity contribution in [2.75, 3.05) is 14.2 Å². The van der Waals surface area contributed by atoms with E-state index in [-0.39, 0.29) is 23.1 Å². The molecule has 2 atom stereocenters. The Balaban J connectivity index is 2.25. The first-order valence-electron chi connectivity index (χ1n) is 6.76. The second kappa shape index (κ2) is 6.95. The summed E-state index contributed by atoms with van der Waals surface area (Å²) in [5.74, 6) is -1.40. The van der Waals surface area contributed by atoms with Gasteiger partial charge < -0.3 is 19.7 Å². The number of ether oxygens (including phenoxy) is 2. The summed E-state index contributed by atoms with van der Waals surface area (Å²) in [5.41, 5.74) is 0.870. The van der Waals surface area contributed by atoms with E-state index in [1.165, 1.54) is 26.4 Å². The molecule has 0 heterocycles. The second-order valence-electron chi connectivity index (χ2n) is 4.77. The van der Waals surface area contributed by atoms with Crippen LogP contribution in [-0.2, 0) is 14.3 Å². The maximum Gasteiger partial charge on any atom is 0.169 e. The van der Waals surface area contributed by atoms with Gasteiger partial charge in [-0.1, -0.05) is 36.4 Å². The van der Waals surface area contributed by atoms with Crippen LogP contribution in [0.3, 0.4) is 0 Å². The van der Waals surface area contributed by atoms with Crippen molar-refractivity contribution in [2.45, 2.75) is 6.10 Å². The van der Waals surface area contributed by atoms with E-state index in [1.807, 2.05) is 30.3 Å². The lowest BCUT2D eigenvalue weighted by molar-refractivity contribution is -0.121. The van der Waals surface area contributed by atoms with Gasteiger partial charge in [0.2, 0.25) is 0 Å². The van der Waals surface area contributed by atoms with E-state index in [0.29, 0.717) is 0 Å². The minimum absolute atomic E-state index is 0.0488. The van der Waals surface area contributed by atoms with Crippen LogP contribution in [0.2, 0.25) is 0 Å². The zero-order valence-electron chi connectivity index (χ0n) is 12.4. The summed E-state index contributed by atoms with van der Waals surface area (Å²) in [6.45, 7) is 0. The number of rotatable bonds is 5. The van der Waals surface area contributed by atoms with Gasteiger partial charge in [0.1, 0.15) is 17.8 Å². The number of methoxy groups -OCH3 is 2. The number of aliphatic hydroxyl groups excluding tert-OH is 2. The summed E-state index contributed by atoms with van der Waals surface area (Å²) >= 11 is 0. The third kappa shape index (κ3) is 3.20. The maximum atomic E-state index is 12.4. The maximum absolute atomic E-state index is 12.4. The van der Waals surface area contributed by atoms with Crippen molar-refractivity contribution >= 4 is 11.9 Å². The van der Waals surface area contributed by atoms with Crippen LogP contribution in [0, 0.1) is 5.92 Å². The SMILES string of the molecule is COC1=CC(O)=C(OC)[C@H](O)[C@@H]1C(=O)/C=C/c1ccccc1. The van der Waals surface area contributed by atoms with Gasteiger partial charge in [-0.15, -0.1) is 0 Å². The molecule has 22 heavy (non-hydrogen) atoms. The molecule has 0 spiro atoms. The Kier molecular flexibility index (Phi) is 5.01. The standard InChI is InChI=1S/C17H18O5/c1-21-14-10-13(19)17(22-2)16(20)15(14)12(18)9-8-11-6-4-3-5-7-11/h3-10,15-16,19-20H,1-2H3/b9-8+/t15-,16-/m1/s1. The van der Waals surface area contributed by atoms with Crippen LogP contribution in [0.4, 0.5) is 0 Å². The highest BCUT2D eigenvalue weighted by Crippen LogP contribution is 2.30. The van der Waals surface area contributed by atoms with Crippen LogP contribution in [0.25, 0.3) is 6.08 Å². The molecule has 5 nitrogen and oxygen atoms in total. The summed E-state index contributed by atoms with van der Waals surface area (Å²) in [4.78, 5) is 12.4. The van der Waals surface area contributed by atoms with Gasteiger partial charge in [-0.25, -0.2) is 0 Å². The number of carbonyl (C=O) groups is 1. The van der Waals surface area contributed by atoms with Gasteiger partial charge in [-0.3, -0.25) is 4.79 Å². The normalized spacial score (nSPS) is 21.7. The van der Waals surface area contributed by atoms with Crippen molar-refractivity contribution in [2.24, 2.45) is 5.92 Å². The molecule has 116 valence electrons. The fourth-order valence-electron chi connectivity index (χ4n) is 2.31. The largest absolute Gasteiger partial charge is 0.504 e. The van der Waals surface area contributed by atoms with Crippen molar-refractivity contribution in [3.63, 3.8) is 0 Å². The molecule has 0 aromatic heterocycles. The number of benzene rings is 1. The van der Waals surface area contributed by atoms with Crippen LogP contribution in [0.15, 0.2) is 59.8 Å². The Bertz CT molecular complexity index is 628. The molecular formula is C17H18O5. The first-order valence-corrected chi connectivity index (χ1v) is 6.76. The fraction of sp³-hybridized carbons (Fsp3) is 0.235. The Morgan fingerprint density at radius 2 is 1.86 bits per heavy atom. The molecule has 0 bridgehead atoms. The van der Waals surface area contributed by atoms with Gasteiger partial charge in [-0.05, 0) is 11.6 Å². The quantitative estimate of drug-likeness (QED) is 0.816. The van der Waals surface area contributed by atoms with Gasteiger partial charge in [0, 0.05) is 6.08 Å². The van der Waals surface area contributed by atoms with Gasteiger partial charge in [0.25, 0.3) is 0 Å². The van der Waals surface area contributed by atoms with Gasteiger partial charge in [-0.2, -0.15) is 0 Å². The van der Waals surface area contributed by atoms with Crippen molar-refractivity contribution in [3.05, 3.63) is 65.3 Å². The van der Waals surface area contributed by atoms with Crippen LogP contribution < -0.4 is 0 Å². The molecule has 2 N–H and O–H groups in total. The van der Waals surface area contributed by atoms with Crippen LogP contribution in [0.1, 0.15) is 5.56 Å². The second-order valence-corrected chi connectivity index (χ2v) is 4.77. The van der Waals surface area contributed by atoms with E-state index in [0.717, 1.165) is 5.56 Å². The van der Waals surface area contributed by atoms with Crippen LogP contribution in [0.5, 0.6) is 0 Å². The van der Waals surface area contributed by atoms with Crippen molar-refractivity contribution in [1.82, 2.24) is 0 Å². The molecule has 0 saturated carbocycles. The molecule has 0 saturated heterocycles. The Morgan fingerprint density at radius 1 is 1.18 bits per heavy atom. The lowest BCUT2D eigenvalue weighted by Crippen LogP contribution is -2.35. The third-order valence-corrected chi connectivity index (χ3v) is 3.42. The molecule has 1 aliphatic rings. The van der Waals surface area contributed by atoms with E-state index in [9.17, 15) is 15.0 Å². The fourth-order valence-corrected chi connectivity index (χ4v) is 2.31. The summed E-state index contributed by atoms with van der Waals surface area (Å²) < 4.78 is 10.1. The lowest BCUT2D eigenvalue weighted by Gasteiger charge is -2.27.